The van der Waals surface area contributed by atoms with Crippen molar-refractivity contribution >= 4 is 57.6 Å². The quantitative estimate of drug-likeness (QED) is 0.298. The van der Waals surface area contributed by atoms with Crippen molar-refractivity contribution < 1.29 is 4.79 Å². The molecule has 0 aliphatic heterocycles. The third-order valence-corrected chi connectivity index (χ3v) is 7.13. The van der Waals surface area contributed by atoms with E-state index in [0.29, 0.717) is 27.9 Å². The smallest absolute Gasteiger partial charge is 0.255 e. The average Bonchev–Trinajstić information content (AvgIpc) is 2.87. The summed E-state index contributed by atoms with van der Waals surface area (Å²) in [5, 5.41) is 17.5. The van der Waals surface area contributed by atoms with Crippen LogP contribution in [0.1, 0.15) is 74.6 Å². The van der Waals surface area contributed by atoms with Crippen molar-refractivity contribution in [1.82, 2.24) is 10.6 Å². The van der Waals surface area contributed by atoms with Crippen LogP contribution in [0, 0.1) is 0 Å². The number of nitrogens with one attached hydrogen (secondary N) is 5. The minimum absolute atomic E-state index is 0.158. The summed E-state index contributed by atoms with van der Waals surface area (Å²) in [6, 6.07) is 15.8. The second-order valence-corrected chi connectivity index (χ2v) is 10.3. The number of rotatable bonds is 6. The first-order valence-corrected chi connectivity index (χ1v) is 13.5. The zero-order valence-electron chi connectivity index (χ0n) is 20.1. The molecule has 2 aromatic carbocycles. The fourth-order valence-electron chi connectivity index (χ4n) is 4.74. The summed E-state index contributed by atoms with van der Waals surface area (Å²) in [5.74, 6) is -0.158. The first-order chi connectivity index (χ1) is 17.0. The fraction of sp³-hybridized carbons (Fsp3) is 0.444. The summed E-state index contributed by atoms with van der Waals surface area (Å²) in [5.41, 5.74) is 3.07. The van der Waals surface area contributed by atoms with Crippen LogP contribution in [0.25, 0.3) is 0 Å². The summed E-state index contributed by atoms with van der Waals surface area (Å²) < 4.78 is 0. The van der Waals surface area contributed by atoms with E-state index >= 15 is 0 Å². The van der Waals surface area contributed by atoms with Crippen LogP contribution in [-0.2, 0) is 0 Å². The Morgan fingerprint density at radius 1 is 0.571 bits per heavy atom. The maximum absolute atomic E-state index is 12.7. The molecule has 5 N–H and O–H groups in total. The highest BCUT2D eigenvalue weighted by Gasteiger charge is 2.15. The summed E-state index contributed by atoms with van der Waals surface area (Å²) >= 11 is 10.9. The van der Waals surface area contributed by atoms with E-state index in [1.807, 2.05) is 36.4 Å². The van der Waals surface area contributed by atoms with Crippen molar-refractivity contribution in [3.63, 3.8) is 0 Å². The lowest BCUT2D eigenvalue weighted by atomic mass is 9.96. The van der Waals surface area contributed by atoms with Gasteiger partial charge in [-0.3, -0.25) is 4.79 Å². The van der Waals surface area contributed by atoms with Crippen LogP contribution in [0.15, 0.2) is 48.5 Å². The maximum Gasteiger partial charge on any atom is 0.255 e. The summed E-state index contributed by atoms with van der Waals surface area (Å²) in [6.45, 7) is 0. The van der Waals surface area contributed by atoms with E-state index in [0.717, 1.165) is 17.1 Å². The van der Waals surface area contributed by atoms with Crippen LogP contribution in [0.2, 0.25) is 0 Å². The number of benzene rings is 2. The molecule has 0 bridgehead atoms. The molecular formula is C27H35N5OS2. The molecule has 8 heteroatoms. The molecule has 35 heavy (non-hydrogen) atoms. The molecule has 2 saturated carbocycles. The third-order valence-electron chi connectivity index (χ3n) is 6.69. The Kier molecular flexibility index (Phi) is 9.31. The summed E-state index contributed by atoms with van der Waals surface area (Å²) in [7, 11) is 0. The van der Waals surface area contributed by atoms with E-state index in [1.54, 1.807) is 12.1 Å². The molecule has 6 nitrogen and oxygen atoms in total. The van der Waals surface area contributed by atoms with Crippen LogP contribution >= 0.6 is 24.4 Å². The normalized spacial score (nSPS) is 16.7. The number of anilines is 3. The lowest BCUT2D eigenvalue weighted by molar-refractivity contribution is 0.102. The molecule has 0 heterocycles. The lowest BCUT2D eigenvalue weighted by Crippen LogP contribution is -2.38. The Morgan fingerprint density at radius 3 is 1.37 bits per heavy atom. The van der Waals surface area contributed by atoms with Crippen LogP contribution in [0.5, 0.6) is 0 Å². The highest BCUT2D eigenvalue weighted by molar-refractivity contribution is 7.80. The van der Waals surface area contributed by atoms with Crippen LogP contribution in [-0.4, -0.2) is 28.2 Å². The number of amides is 1. The predicted octanol–water partition coefficient (Wildman–Crippen LogP) is 6.18. The standard InChI is InChI=1S/C27H35N5OS2/c33-25(19-11-13-23(14-12-19)31-26(34)29-20-7-3-1-4-8-20)28-22-15-17-24(18-16-22)32-27(35)30-21-9-5-2-6-10-21/h11-18,20-21H,1-10H2,(H,28,33)(H2,29,31,34)(H2,30,32,35). The van der Waals surface area contributed by atoms with Crippen molar-refractivity contribution in [3.05, 3.63) is 54.1 Å². The Balaban J connectivity index is 1.22. The van der Waals surface area contributed by atoms with Crippen molar-refractivity contribution in [2.45, 2.75) is 76.3 Å². The second kappa shape index (κ2) is 12.8. The van der Waals surface area contributed by atoms with Gasteiger partial charge in [-0.05, 0) is 98.6 Å². The van der Waals surface area contributed by atoms with Gasteiger partial charge in [0.2, 0.25) is 0 Å². The number of thiocarbonyl (C=S) groups is 2. The molecule has 2 fully saturated rings. The van der Waals surface area contributed by atoms with Crippen LogP contribution < -0.4 is 26.6 Å². The molecule has 0 atom stereocenters. The third kappa shape index (κ3) is 8.18. The van der Waals surface area contributed by atoms with Gasteiger partial charge in [-0.15, -0.1) is 0 Å². The van der Waals surface area contributed by atoms with E-state index in [2.05, 4.69) is 26.6 Å². The maximum atomic E-state index is 12.7. The second-order valence-electron chi connectivity index (χ2n) is 9.48. The van der Waals surface area contributed by atoms with Gasteiger partial charge in [-0.1, -0.05) is 38.5 Å². The van der Waals surface area contributed by atoms with Crippen molar-refractivity contribution in [3.8, 4) is 0 Å². The van der Waals surface area contributed by atoms with E-state index in [-0.39, 0.29) is 5.91 Å². The SMILES string of the molecule is O=C(Nc1ccc(NC(=S)NC2CCCCC2)cc1)c1ccc(NC(=S)NC2CCCCC2)cc1. The van der Waals surface area contributed by atoms with Gasteiger partial charge >= 0.3 is 0 Å². The molecular weight excluding hydrogens is 474 g/mol. The van der Waals surface area contributed by atoms with Crippen molar-refractivity contribution in [2.75, 3.05) is 16.0 Å². The van der Waals surface area contributed by atoms with Gasteiger partial charge in [0, 0.05) is 34.7 Å². The average molecular weight is 510 g/mol. The zero-order valence-corrected chi connectivity index (χ0v) is 21.7. The van der Waals surface area contributed by atoms with Crippen LogP contribution in [0.4, 0.5) is 17.1 Å². The molecule has 1 amide bonds. The number of hydrogen-bond acceptors (Lipinski definition) is 3. The Morgan fingerprint density at radius 2 is 0.943 bits per heavy atom. The lowest BCUT2D eigenvalue weighted by Gasteiger charge is -2.24. The molecule has 2 aliphatic carbocycles. The fourth-order valence-corrected chi connectivity index (χ4v) is 5.31. The van der Waals surface area contributed by atoms with Gasteiger partial charge in [0.25, 0.3) is 5.91 Å². The minimum atomic E-state index is -0.158. The zero-order chi connectivity index (χ0) is 24.5. The predicted molar refractivity (Wildman–Crippen MR) is 153 cm³/mol. The Bertz CT molecular complexity index is 997. The first kappa shape index (κ1) is 25.4. The monoisotopic (exact) mass is 509 g/mol. The molecule has 0 saturated heterocycles. The molecule has 2 aromatic rings. The van der Waals surface area contributed by atoms with E-state index in [9.17, 15) is 4.79 Å². The molecule has 0 spiro atoms. The van der Waals surface area contributed by atoms with Crippen LogP contribution in [0.3, 0.4) is 0 Å². The molecule has 186 valence electrons. The number of hydrogen-bond donors (Lipinski definition) is 5. The van der Waals surface area contributed by atoms with Gasteiger partial charge in [0.05, 0.1) is 0 Å². The first-order valence-electron chi connectivity index (χ1n) is 12.7. The minimum Gasteiger partial charge on any atom is -0.360 e. The largest absolute Gasteiger partial charge is 0.360 e. The van der Waals surface area contributed by atoms with E-state index < -0.39 is 0 Å². The number of carbonyl (C=O) groups is 1. The molecule has 0 aromatic heterocycles. The summed E-state index contributed by atoms with van der Waals surface area (Å²) in [4.78, 5) is 12.7. The topological polar surface area (TPSA) is 77.2 Å². The molecule has 2 aliphatic rings. The van der Waals surface area contributed by atoms with Crippen molar-refractivity contribution in [2.24, 2.45) is 0 Å². The highest BCUT2D eigenvalue weighted by Crippen LogP contribution is 2.20. The van der Waals surface area contributed by atoms with Gasteiger partial charge in [-0.25, -0.2) is 0 Å². The van der Waals surface area contributed by atoms with Gasteiger partial charge < -0.3 is 26.6 Å². The molecule has 4 rings (SSSR count). The molecule has 0 radical (unpaired) electrons. The van der Waals surface area contributed by atoms with E-state index in [4.69, 9.17) is 24.4 Å². The Hall–Kier alpha value is -2.71. The van der Waals surface area contributed by atoms with Gasteiger partial charge in [0.15, 0.2) is 10.2 Å². The van der Waals surface area contributed by atoms with E-state index in [1.165, 1.54) is 64.2 Å². The highest BCUT2D eigenvalue weighted by atomic mass is 32.1. The number of carbonyl (C=O) groups excluding carboxylic acids is 1. The van der Waals surface area contributed by atoms with Crippen molar-refractivity contribution in [1.29, 1.82) is 0 Å². The summed E-state index contributed by atoms with van der Waals surface area (Å²) in [6.07, 6.45) is 12.4. The molecule has 0 unspecified atom stereocenters. The Labute approximate surface area is 219 Å². The van der Waals surface area contributed by atoms with Gasteiger partial charge in [0.1, 0.15) is 0 Å². The van der Waals surface area contributed by atoms with Gasteiger partial charge in [-0.2, -0.15) is 0 Å².